The Morgan fingerprint density at radius 1 is 1.08 bits per heavy atom. The van der Waals surface area contributed by atoms with Crippen molar-refractivity contribution in [2.75, 3.05) is 13.7 Å². The molecule has 49 heavy (non-hydrogen) atoms. The molecule has 3 aliphatic carbocycles. The quantitative estimate of drug-likeness (QED) is 0.154. The van der Waals surface area contributed by atoms with Gasteiger partial charge >= 0.3 is 0 Å². The summed E-state index contributed by atoms with van der Waals surface area (Å²) in [7, 11) is -2.24. The number of ether oxygens (including phenoxy) is 1. The minimum Gasteiger partial charge on any atom is -0.497 e. The van der Waals surface area contributed by atoms with E-state index >= 15 is 0 Å². The van der Waals surface area contributed by atoms with Crippen molar-refractivity contribution in [1.29, 1.82) is 0 Å². The van der Waals surface area contributed by atoms with Gasteiger partial charge in [-0.3, -0.25) is 19.1 Å². The molecule has 1 aromatic heterocycles. The number of likely N-dealkylation sites (tertiary alicyclic amines) is 1. The van der Waals surface area contributed by atoms with Crippen LogP contribution in [-0.2, 0) is 29.2 Å². The molecule has 3 aromatic rings. The highest BCUT2D eigenvalue weighted by atomic mass is 32.2. The van der Waals surface area contributed by atoms with E-state index in [-0.39, 0.29) is 37.1 Å². The van der Waals surface area contributed by atoms with Crippen LogP contribution in [0.4, 0.5) is 0 Å². The second-order valence-corrected chi connectivity index (χ2v) is 16.1. The van der Waals surface area contributed by atoms with Crippen molar-refractivity contribution in [3.63, 3.8) is 0 Å². The van der Waals surface area contributed by atoms with Gasteiger partial charge in [0.15, 0.2) is 0 Å². The molecule has 3 unspecified atom stereocenters. The third-order valence-corrected chi connectivity index (χ3v) is 12.6. The van der Waals surface area contributed by atoms with Gasteiger partial charge < -0.3 is 19.8 Å². The second-order valence-electron chi connectivity index (χ2n) is 13.2. The molecule has 0 bridgehead atoms. The normalized spacial score (nSPS) is 27.4. The molecule has 4 aliphatic rings. The van der Waals surface area contributed by atoms with E-state index in [1.165, 1.54) is 4.90 Å². The van der Waals surface area contributed by atoms with Crippen LogP contribution in [0.2, 0.25) is 0 Å². The number of rotatable bonds is 13. The Morgan fingerprint density at radius 2 is 1.88 bits per heavy atom. The Balaban J connectivity index is 1.10. The van der Waals surface area contributed by atoms with Crippen LogP contribution in [0.3, 0.4) is 0 Å². The maximum absolute atomic E-state index is 14.0. The fraction of sp³-hybridized carbons (Fsp3) is 0.389. The zero-order chi connectivity index (χ0) is 34.3. The van der Waals surface area contributed by atoms with Crippen LogP contribution in [0.25, 0.3) is 10.4 Å². The van der Waals surface area contributed by atoms with Crippen molar-refractivity contribution in [2.45, 2.75) is 61.0 Å². The molecule has 1 aliphatic heterocycles. The fourth-order valence-electron chi connectivity index (χ4n) is 6.74. The van der Waals surface area contributed by atoms with E-state index < -0.39 is 50.7 Å². The summed E-state index contributed by atoms with van der Waals surface area (Å²) in [5, 5.41) is 8.52. The van der Waals surface area contributed by atoms with E-state index in [1.54, 1.807) is 30.7 Å². The Bertz CT molecular complexity index is 1890. The van der Waals surface area contributed by atoms with Gasteiger partial charge in [0.25, 0.3) is 5.91 Å². The molecule has 3 amide bonds. The zero-order valence-electron chi connectivity index (χ0n) is 27.0. The molecular formula is C36H38N4O7S2. The van der Waals surface area contributed by atoms with E-state index in [0.717, 1.165) is 21.6 Å². The molecule has 2 N–H and O–H groups in total. The van der Waals surface area contributed by atoms with Crippen molar-refractivity contribution < 1.29 is 32.4 Å². The summed E-state index contributed by atoms with van der Waals surface area (Å²) in [5.41, 5.74) is 1.35. The van der Waals surface area contributed by atoms with Crippen LogP contribution in [0.15, 0.2) is 83.9 Å². The lowest BCUT2D eigenvalue weighted by atomic mass is 10.1. The predicted molar refractivity (Wildman–Crippen MR) is 185 cm³/mol. The number of amides is 3. The molecular weight excluding hydrogens is 665 g/mol. The van der Waals surface area contributed by atoms with E-state index in [0.29, 0.717) is 25.0 Å². The lowest BCUT2D eigenvalue weighted by molar-refractivity contribution is -0.140. The van der Waals surface area contributed by atoms with Gasteiger partial charge in [-0.2, -0.15) is 0 Å². The van der Waals surface area contributed by atoms with Gasteiger partial charge in [-0.25, -0.2) is 8.42 Å². The Hall–Kier alpha value is -4.49. The lowest BCUT2D eigenvalue weighted by Crippen LogP contribution is -2.56. The number of nitrogens with one attached hydrogen (secondary N) is 2. The van der Waals surface area contributed by atoms with Crippen molar-refractivity contribution in [3.05, 3.63) is 89.8 Å². The molecule has 256 valence electrons. The first kappa shape index (κ1) is 33.0. The third kappa shape index (κ3) is 6.73. The maximum Gasteiger partial charge on any atom is 0.259 e. The number of carbonyl (C=O) groups is 3. The first-order chi connectivity index (χ1) is 23.6. The second kappa shape index (κ2) is 13.1. The predicted octanol–water partition coefficient (Wildman–Crippen LogP) is 4.22. The molecule has 2 heterocycles. The topological polar surface area (TPSA) is 143 Å². The van der Waals surface area contributed by atoms with Gasteiger partial charge in [0.2, 0.25) is 21.8 Å². The molecule has 7 rings (SSSR count). The maximum atomic E-state index is 14.0. The van der Waals surface area contributed by atoms with Gasteiger partial charge in [0, 0.05) is 34.3 Å². The smallest absolute Gasteiger partial charge is 0.259 e. The van der Waals surface area contributed by atoms with Crippen molar-refractivity contribution >= 4 is 45.3 Å². The molecule has 0 radical (unpaired) electrons. The monoisotopic (exact) mass is 702 g/mol. The highest BCUT2D eigenvalue weighted by Gasteiger charge is 2.62. The Kier molecular flexibility index (Phi) is 8.82. The third-order valence-electron chi connectivity index (χ3n) is 9.88. The molecule has 2 aromatic carbocycles. The summed E-state index contributed by atoms with van der Waals surface area (Å²) in [4.78, 5) is 49.8. The molecule has 6 atom stereocenters. The number of hydrogen-bond donors (Lipinski definition) is 2. The van der Waals surface area contributed by atoms with Gasteiger partial charge in [-0.15, -0.1) is 17.9 Å². The standard InChI is InChI=1S/C36H38N4O7S2/c1-3-24-19-36(24,35(43)39-49(44,45)27-12-13-27)38-33(41)31-17-26(21-40(31)34(42)30-18-29(30)22-8-5-4-6-9-22)47-37-20-23-16-25(46-2)11-14-28(23)32-10-7-15-48-32/h3-11,14-16,20,24,26-27,29-31H,1,12-13,17-19,21H2,2H3,(H,38,41)(H,39,43)/b37-20+/t24-,26?,29+,30?,31?,36+/m1/s1. The van der Waals surface area contributed by atoms with Crippen LogP contribution in [0.1, 0.15) is 49.1 Å². The summed E-state index contributed by atoms with van der Waals surface area (Å²) >= 11 is 1.60. The number of hydrogen-bond acceptors (Lipinski definition) is 9. The largest absolute Gasteiger partial charge is 0.497 e. The molecule has 13 heteroatoms. The first-order valence-electron chi connectivity index (χ1n) is 16.4. The van der Waals surface area contributed by atoms with Gasteiger partial charge in [-0.1, -0.05) is 47.6 Å². The summed E-state index contributed by atoms with van der Waals surface area (Å²) in [6.45, 7) is 3.90. The van der Waals surface area contributed by atoms with Gasteiger partial charge in [0.1, 0.15) is 23.4 Å². The van der Waals surface area contributed by atoms with Crippen LogP contribution < -0.4 is 14.8 Å². The van der Waals surface area contributed by atoms with Crippen LogP contribution >= 0.6 is 11.3 Å². The minimum absolute atomic E-state index is 0.0532. The fourth-order valence-corrected chi connectivity index (χ4v) is 8.88. The average molecular weight is 703 g/mol. The van der Waals surface area contributed by atoms with Gasteiger partial charge in [-0.05, 0) is 66.8 Å². The Labute approximate surface area is 289 Å². The molecule has 4 fully saturated rings. The number of sulfonamides is 1. The minimum atomic E-state index is -3.83. The lowest BCUT2D eigenvalue weighted by Gasteiger charge is -2.26. The SMILES string of the molecule is C=C[C@@H]1C[C@@]1(NC(=O)C1CC(O/N=C/c2cc(OC)ccc2-c2cccs2)CN1C(=O)C1C[C@H]1c1ccccc1)C(=O)NS(=O)(=O)C1CC1. The zero-order valence-corrected chi connectivity index (χ0v) is 28.6. The van der Waals surface area contributed by atoms with E-state index in [2.05, 4.69) is 21.8 Å². The summed E-state index contributed by atoms with van der Waals surface area (Å²) in [6.07, 6.45) is 4.55. The number of thiophene rings is 1. The van der Waals surface area contributed by atoms with Crippen molar-refractivity contribution in [3.8, 4) is 16.2 Å². The van der Waals surface area contributed by atoms with Crippen molar-refractivity contribution in [2.24, 2.45) is 17.0 Å². The number of nitrogens with zero attached hydrogens (tertiary/aromatic N) is 2. The summed E-state index contributed by atoms with van der Waals surface area (Å²) in [6, 6.07) is 18.5. The van der Waals surface area contributed by atoms with Gasteiger partial charge in [0.05, 0.1) is 25.1 Å². The highest BCUT2D eigenvalue weighted by Crippen LogP contribution is 2.50. The number of benzene rings is 2. The Morgan fingerprint density at radius 3 is 2.55 bits per heavy atom. The van der Waals surface area contributed by atoms with E-state index in [9.17, 15) is 22.8 Å². The summed E-state index contributed by atoms with van der Waals surface area (Å²) in [5.74, 6) is -1.50. The average Bonchev–Trinajstić information content (AvgIpc) is 4.06. The van der Waals surface area contributed by atoms with E-state index in [1.807, 2.05) is 66.0 Å². The number of oxime groups is 1. The molecule has 3 saturated carbocycles. The summed E-state index contributed by atoms with van der Waals surface area (Å²) < 4.78 is 32.8. The molecule has 11 nitrogen and oxygen atoms in total. The first-order valence-corrected chi connectivity index (χ1v) is 18.8. The van der Waals surface area contributed by atoms with E-state index in [4.69, 9.17) is 9.57 Å². The van der Waals surface area contributed by atoms with Crippen LogP contribution in [-0.4, -0.2) is 73.8 Å². The van der Waals surface area contributed by atoms with Crippen molar-refractivity contribution in [1.82, 2.24) is 14.9 Å². The highest BCUT2D eigenvalue weighted by molar-refractivity contribution is 7.91. The number of methoxy groups -OCH3 is 1. The molecule has 1 saturated heterocycles. The number of carbonyl (C=O) groups excluding carboxylic acids is 3. The van der Waals surface area contributed by atoms with Crippen LogP contribution in [0.5, 0.6) is 5.75 Å². The van der Waals surface area contributed by atoms with Crippen LogP contribution in [0, 0.1) is 11.8 Å². The molecule has 0 spiro atoms.